The highest BCUT2D eigenvalue weighted by atomic mass is 19.1. The van der Waals surface area contributed by atoms with Gasteiger partial charge in [-0.2, -0.15) is 14.4 Å². The van der Waals surface area contributed by atoms with E-state index in [1.807, 2.05) is 0 Å². The molecule has 1 aliphatic rings. The summed E-state index contributed by atoms with van der Waals surface area (Å²) >= 11 is 0. The van der Waals surface area contributed by atoms with Crippen LogP contribution in [0.25, 0.3) is 11.2 Å². The second-order valence-corrected chi connectivity index (χ2v) is 6.76. The van der Waals surface area contributed by atoms with Crippen molar-refractivity contribution in [3.05, 3.63) is 46.3 Å². The Morgan fingerprint density at radius 2 is 2.00 bits per heavy atom. The minimum Gasteiger partial charge on any atom is -0.382 e. The molecule has 2 aromatic heterocycles. The van der Waals surface area contributed by atoms with E-state index in [2.05, 4.69) is 34.0 Å². The van der Waals surface area contributed by atoms with Gasteiger partial charge in [0.25, 0.3) is 0 Å². The normalized spacial score (nSPS) is 13.3. The van der Waals surface area contributed by atoms with E-state index in [1.54, 1.807) is 4.57 Å². The molecule has 0 amide bonds. The van der Waals surface area contributed by atoms with E-state index in [0.717, 1.165) is 25.0 Å². The largest absolute Gasteiger partial charge is 0.382 e. The minimum absolute atomic E-state index is 0.0179. The third-order valence-corrected chi connectivity index (χ3v) is 5.04. The number of aryl methyl sites for hydroxylation is 4. The van der Waals surface area contributed by atoms with Crippen LogP contribution in [0.1, 0.15) is 40.9 Å². The average Bonchev–Trinajstić information content (AvgIpc) is 3.18. The van der Waals surface area contributed by atoms with Gasteiger partial charge in [0.1, 0.15) is 12.1 Å². The van der Waals surface area contributed by atoms with Crippen LogP contribution in [0.4, 0.5) is 10.2 Å². The lowest BCUT2D eigenvalue weighted by Crippen LogP contribution is -2.08. The number of fused-ring (bicyclic) bond motifs is 2. The molecule has 2 heterocycles. The van der Waals surface area contributed by atoms with Crippen LogP contribution in [0.5, 0.6) is 0 Å². The van der Waals surface area contributed by atoms with Gasteiger partial charge in [-0.1, -0.05) is 12.1 Å². The van der Waals surface area contributed by atoms with Crippen molar-refractivity contribution in [3.63, 3.8) is 0 Å². The van der Waals surface area contributed by atoms with Crippen molar-refractivity contribution in [1.29, 1.82) is 0 Å². The zero-order valence-electron chi connectivity index (χ0n) is 14.6. The number of anilines is 1. The summed E-state index contributed by atoms with van der Waals surface area (Å²) in [5.74, 6) is 0.735. The highest BCUT2D eigenvalue weighted by molar-refractivity contribution is 5.82. The summed E-state index contributed by atoms with van der Waals surface area (Å²) < 4.78 is 15.4. The van der Waals surface area contributed by atoms with E-state index < -0.39 is 6.08 Å². The fourth-order valence-electron chi connectivity index (χ4n) is 3.75. The van der Waals surface area contributed by atoms with Crippen LogP contribution >= 0.6 is 0 Å². The summed E-state index contributed by atoms with van der Waals surface area (Å²) in [7, 11) is 0. The molecule has 0 saturated carbocycles. The van der Waals surface area contributed by atoms with Gasteiger partial charge in [0.05, 0.1) is 0 Å². The molecule has 0 fully saturated rings. The van der Waals surface area contributed by atoms with Gasteiger partial charge in [0.2, 0.25) is 0 Å². The maximum atomic E-state index is 13.6. The Morgan fingerprint density at radius 3 is 2.77 bits per heavy atom. The molecule has 1 aromatic carbocycles. The Labute approximate surface area is 150 Å². The minimum atomic E-state index is -0.887. The van der Waals surface area contributed by atoms with E-state index in [4.69, 9.17) is 5.73 Å². The molecule has 0 saturated heterocycles. The summed E-state index contributed by atoms with van der Waals surface area (Å²) in [5, 5.41) is 0. The summed E-state index contributed by atoms with van der Waals surface area (Å²) in [6.07, 6.45) is 4.26. The molecule has 6 nitrogen and oxygen atoms in total. The Morgan fingerprint density at radius 1 is 1.23 bits per heavy atom. The number of nitrogens with two attached hydrogens (primary N) is 1. The standard InChI is InChI=1S/C19H20FN5O/c1-11-8-12-4-2-5-13(12)9-14(11)10-15-22-16-17(21)23-19(20)24-18(16)25(15)6-3-7-26/h7-9H,2-6,10H2,1H3,(H2,21,23,24). The number of carbonyl (C=O) groups is 1. The number of carbonyl (C=O) groups excluding carboxylic acids is 1. The van der Waals surface area contributed by atoms with Crippen LogP contribution < -0.4 is 5.73 Å². The van der Waals surface area contributed by atoms with Crippen LogP contribution in [0.3, 0.4) is 0 Å². The lowest BCUT2D eigenvalue weighted by atomic mass is 9.98. The van der Waals surface area contributed by atoms with Gasteiger partial charge in [0.15, 0.2) is 17.0 Å². The number of nitrogen functional groups attached to an aromatic ring is 1. The van der Waals surface area contributed by atoms with Gasteiger partial charge < -0.3 is 15.1 Å². The van der Waals surface area contributed by atoms with E-state index in [1.165, 1.54) is 28.7 Å². The van der Waals surface area contributed by atoms with Crippen molar-refractivity contribution in [3.8, 4) is 0 Å². The summed E-state index contributed by atoms with van der Waals surface area (Å²) in [6.45, 7) is 2.48. The highest BCUT2D eigenvalue weighted by Gasteiger charge is 2.19. The predicted octanol–water partition coefficient (Wildman–Crippen LogP) is 2.52. The number of aldehydes is 1. The second-order valence-electron chi connectivity index (χ2n) is 6.76. The molecular weight excluding hydrogens is 333 g/mol. The quantitative estimate of drug-likeness (QED) is 0.563. The molecule has 2 N–H and O–H groups in total. The molecule has 26 heavy (non-hydrogen) atoms. The van der Waals surface area contributed by atoms with Gasteiger partial charge in [0, 0.05) is 19.4 Å². The molecule has 1 aliphatic carbocycles. The first-order chi connectivity index (χ1) is 12.6. The highest BCUT2D eigenvalue weighted by Crippen LogP contribution is 2.28. The molecule has 0 aliphatic heterocycles. The molecule has 0 radical (unpaired) electrons. The fourth-order valence-corrected chi connectivity index (χ4v) is 3.75. The molecule has 0 unspecified atom stereocenters. The van der Waals surface area contributed by atoms with Crippen molar-refractivity contribution >= 4 is 23.3 Å². The second kappa shape index (κ2) is 6.48. The number of halogens is 1. The third kappa shape index (κ3) is 2.83. The van der Waals surface area contributed by atoms with Crippen molar-refractivity contribution in [2.45, 2.75) is 45.6 Å². The monoisotopic (exact) mass is 353 g/mol. The van der Waals surface area contributed by atoms with Gasteiger partial charge in [-0.3, -0.25) is 0 Å². The Balaban J connectivity index is 1.81. The molecule has 134 valence electrons. The van der Waals surface area contributed by atoms with Gasteiger partial charge in [-0.25, -0.2) is 4.98 Å². The van der Waals surface area contributed by atoms with E-state index in [9.17, 15) is 9.18 Å². The zero-order valence-corrected chi connectivity index (χ0v) is 14.6. The number of rotatable bonds is 5. The predicted molar refractivity (Wildman–Crippen MR) is 96.4 cm³/mol. The fraction of sp³-hybridized carbons (Fsp3) is 0.368. The first-order valence-corrected chi connectivity index (χ1v) is 8.80. The molecule has 4 rings (SSSR count). The summed E-state index contributed by atoms with van der Waals surface area (Å²) in [4.78, 5) is 22.8. The number of nitrogens with zero attached hydrogens (tertiary/aromatic N) is 4. The number of aromatic nitrogens is 4. The molecule has 0 atom stereocenters. The Hall–Kier alpha value is -2.83. The summed E-state index contributed by atoms with van der Waals surface area (Å²) in [6, 6.07) is 4.50. The maximum absolute atomic E-state index is 13.6. The van der Waals surface area contributed by atoms with Gasteiger partial charge >= 0.3 is 6.08 Å². The number of imidazole rings is 1. The lowest BCUT2D eigenvalue weighted by molar-refractivity contribution is -0.108. The van der Waals surface area contributed by atoms with Crippen molar-refractivity contribution in [2.24, 2.45) is 0 Å². The van der Waals surface area contributed by atoms with Crippen molar-refractivity contribution in [1.82, 2.24) is 19.5 Å². The number of benzene rings is 1. The number of hydrogen-bond acceptors (Lipinski definition) is 5. The van der Waals surface area contributed by atoms with Crippen LogP contribution in [-0.4, -0.2) is 25.8 Å². The van der Waals surface area contributed by atoms with E-state index in [-0.39, 0.29) is 5.82 Å². The van der Waals surface area contributed by atoms with Gasteiger partial charge in [-0.15, -0.1) is 0 Å². The third-order valence-electron chi connectivity index (χ3n) is 5.04. The zero-order chi connectivity index (χ0) is 18.3. The number of hydrogen-bond donors (Lipinski definition) is 1. The smallest absolute Gasteiger partial charge is 0.312 e. The first kappa shape index (κ1) is 16.6. The molecule has 3 aromatic rings. The molecule has 0 spiro atoms. The topological polar surface area (TPSA) is 86.7 Å². The summed E-state index contributed by atoms with van der Waals surface area (Å²) in [5.41, 5.74) is 11.8. The maximum Gasteiger partial charge on any atom is 0.312 e. The van der Waals surface area contributed by atoms with Crippen LogP contribution in [0.2, 0.25) is 0 Å². The average molecular weight is 353 g/mol. The van der Waals surface area contributed by atoms with Crippen LogP contribution in [0.15, 0.2) is 12.1 Å². The van der Waals surface area contributed by atoms with Crippen molar-refractivity contribution in [2.75, 3.05) is 5.73 Å². The SMILES string of the molecule is Cc1cc2c(cc1Cc1nc3c(N)nc(F)nc3n1CCC=O)CCC2. The molecule has 7 heteroatoms. The van der Waals surface area contributed by atoms with E-state index >= 15 is 0 Å². The Bertz CT molecular complexity index is 1010. The van der Waals surface area contributed by atoms with Gasteiger partial charge in [-0.05, 0) is 48.4 Å². The van der Waals surface area contributed by atoms with Crippen LogP contribution in [0, 0.1) is 13.0 Å². The molecular formula is C19H20FN5O. The van der Waals surface area contributed by atoms with E-state index in [0.29, 0.717) is 30.6 Å². The van der Waals surface area contributed by atoms with Crippen molar-refractivity contribution < 1.29 is 9.18 Å². The molecule has 0 bridgehead atoms. The Kier molecular flexibility index (Phi) is 4.14. The first-order valence-electron chi connectivity index (χ1n) is 8.80. The lowest BCUT2D eigenvalue weighted by Gasteiger charge is -2.11. The van der Waals surface area contributed by atoms with Crippen LogP contribution in [-0.2, 0) is 30.6 Å².